The third-order valence-corrected chi connectivity index (χ3v) is 4.17. The predicted octanol–water partition coefficient (Wildman–Crippen LogP) is 1.99. The first kappa shape index (κ1) is 14.4. The maximum Gasteiger partial charge on any atom is 0.265 e. The second kappa shape index (κ2) is 5.94. The Morgan fingerprint density at radius 1 is 1.10 bits per heavy atom. The Morgan fingerprint density at radius 3 is 2.35 bits per heavy atom. The lowest BCUT2D eigenvalue weighted by molar-refractivity contribution is 0.282. The van der Waals surface area contributed by atoms with Crippen molar-refractivity contribution < 1.29 is 18.3 Å². The second-order valence-corrected chi connectivity index (χ2v) is 5.76. The van der Waals surface area contributed by atoms with Gasteiger partial charge in [0, 0.05) is 5.69 Å². The van der Waals surface area contributed by atoms with Gasteiger partial charge >= 0.3 is 0 Å². The molecule has 0 unspecified atom stereocenters. The van der Waals surface area contributed by atoms with Crippen LogP contribution in [-0.2, 0) is 16.6 Å². The van der Waals surface area contributed by atoms with Gasteiger partial charge < -0.3 is 9.84 Å². The molecule has 0 aromatic heterocycles. The third kappa shape index (κ3) is 3.09. The lowest BCUT2D eigenvalue weighted by atomic mass is 10.2. The molecule has 2 aromatic rings. The van der Waals surface area contributed by atoms with Crippen molar-refractivity contribution in [3.63, 3.8) is 0 Å². The maximum absolute atomic E-state index is 12.3. The number of nitrogens with one attached hydrogen (secondary N) is 1. The van der Waals surface area contributed by atoms with Gasteiger partial charge in [0.1, 0.15) is 10.6 Å². The van der Waals surface area contributed by atoms with E-state index in [1.165, 1.54) is 13.2 Å². The molecule has 0 aliphatic rings. The van der Waals surface area contributed by atoms with Gasteiger partial charge in [0.15, 0.2) is 0 Å². The Balaban J connectivity index is 2.30. The van der Waals surface area contributed by atoms with E-state index in [1.807, 2.05) is 0 Å². The number of rotatable bonds is 5. The zero-order valence-corrected chi connectivity index (χ0v) is 11.7. The number of hydrogen-bond donors (Lipinski definition) is 2. The summed E-state index contributed by atoms with van der Waals surface area (Å²) in [5.74, 6) is 0.284. The van der Waals surface area contributed by atoms with Gasteiger partial charge in [-0.2, -0.15) is 0 Å². The van der Waals surface area contributed by atoms with Gasteiger partial charge in [0.2, 0.25) is 0 Å². The van der Waals surface area contributed by atoms with Crippen molar-refractivity contribution in [2.24, 2.45) is 0 Å². The number of sulfonamides is 1. The van der Waals surface area contributed by atoms with E-state index in [-0.39, 0.29) is 17.3 Å². The van der Waals surface area contributed by atoms with Crippen LogP contribution in [0.2, 0.25) is 0 Å². The molecule has 0 atom stereocenters. The highest BCUT2D eigenvalue weighted by Crippen LogP contribution is 2.25. The first-order valence-corrected chi connectivity index (χ1v) is 7.41. The first-order valence-electron chi connectivity index (χ1n) is 5.92. The largest absolute Gasteiger partial charge is 0.495 e. The molecule has 106 valence electrons. The topological polar surface area (TPSA) is 75.6 Å². The molecule has 0 saturated carbocycles. The molecule has 0 heterocycles. The van der Waals surface area contributed by atoms with Crippen molar-refractivity contribution in [3.8, 4) is 5.75 Å². The summed E-state index contributed by atoms with van der Waals surface area (Å²) in [5, 5.41) is 8.95. The van der Waals surface area contributed by atoms with Gasteiger partial charge in [-0.1, -0.05) is 24.3 Å². The lowest BCUT2D eigenvalue weighted by Gasteiger charge is -2.11. The summed E-state index contributed by atoms with van der Waals surface area (Å²) in [7, 11) is -2.29. The predicted molar refractivity (Wildman–Crippen MR) is 76.2 cm³/mol. The van der Waals surface area contributed by atoms with E-state index >= 15 is 0 Å². The number of benzene rings is 2. The third-order valence-electron chi connectivity index (χ3n) is 2.75. The molecule has 0 fully saturated rings. The summed E-state index contributed by atoms with van der Waals surface area (Å²) in [4.78, 5) is 0.0775. The van der Waals surface area contributed by atoms with Crippen molar-refractivity contribution in [2.75, 3.05) is 11.8 Å². The molecule has 0 amide bonds. The van der Waals surface area contributed by atoms with Crippen molar-refractivity contribution in [1.29, 1.82) is 0 Å². The standard InChI is InChI=1S/C14H15NO4S/c1-19-13-4-2-3-5-14(13)20(17,18)15-12-8-6-11(10-16)7-9-12/h2-9,15-16H,10H2,1H3. The van der Waals surface area contributed by atoms with Crippen LogP contribution in [0.1, 0.15) is 5.56 Å². The summed E-state index contributed by atoms with van der Waals surface area (Å²) in [6, 6.07) is 12.9. The average molecular weight is 293 g/mol. The highest BCUT2D eigenvalue weighted by atomic mass is 32.2. The number of aliphatic hydroxyl groups excluding tert-OH is 1. The normalized spacial score (nSPS) is 11.1. The summed E-state index contributed by atoms with van der Waals surface area (Å²) in [6.07, 6.45) is 0. The van der Waals surface area contributed by atoms with Crippen LogP contribution in [0.5, 0.6) is 5.75 Å². The molecule has 20 heavy (non-hydrogen) atoms. The molecule has 5 nitrogen and oxygen atoms in total. The van der Waals surface area contributed by atoms with Crippen molar-refractivity contribution in [1.82, 2.24) is 0 Å². The van der Waals surface area contributed by atoms with E-state index in [1.54, 1.807) is 42.5 Å². The monoisotopic (exact) mass is 293 g/mol. The van der Waals surface area contributed by atoms with E-state index in [0.29, 0.717) is 11.3 Å². The molecule has 0 aliphatic heterocycles. The number of anilines is 1. The smallest absolute Gasteiger partial charge is 0.265 e. The zero-order chi connectivity index (χ0) is 14.6. The average Bonchev–Trinajstić information content (AvgIpc) is 2.47. The molecule has 6 heteroatoms. The van der Waals surface area contributed by atoms with Crippen LogP contribution in [0.3, 0.4) is 0 Å². The molecular formula is C14H15NO4S. The van der Waals surface area contributed by atoms with Crippen LogP contribution in [-0.4, -0.2) is 20.6 Å². The molecule has 0 bridgehead atoms. The van der Waals surface area contributed by atoms with E-state index in [9.17, 15) is 8.42 Å². The highest BCUT2D eigenvalue weighted by molar-refractivity contribution is 7.92. The van der Waals surface area contributed by atoms with Crippen LogP contribution in [0.4, 0.5) is 5.69 Å². The van der Waals surface area contributed by atoms with Gasteiger partial charge in [0.25, 0.3) is 10.0 Å². The quantitative estimate of drug-likeness (QED) is 0.884. The molecular weight excluding hydrogens is 278 g/mol. The van der Waals surface area contributed by atoms with Gasteiger partial charge in [-0.3, -0.25) is 4.72 Å². The summed E-state index contributed by atoms with van der Waals surface area (Å²) >= 11 is 0. The molecule has 2 N–H and O–H groups in total. The van der Waals surface area contributed by atoms with E-state index in [2.05, 4.69) is 4.72 Å². The Morgan fingerprint density at radius 2 is 1.75 bits per heavy atom. The number of methoxy groups -OCH3 is 1. The van der Waals surface area contributed by atoms with Gasteiger partial charge in [0.05, 0.1) is 13.7 Å². The van der Waals surface area contributed by atoms with Crippen LogP contribution in [0.15, 0.2) is 53.4 Å². The number of aliphatic hydroxyl groups is 1. The van der Waals surface area contributed by atoms with Gasteiger partial charge in [-0.05, 0) is 29.8 Å². The Hall–Kier alpha value is -2.05. The minimum absolute atomic E-state index is 0.0775. The Kier molecular flexibility index (Phi) is 4.26. The second-order valence-electron chi connectivity index (χ2n) is 4.11. The molecule has 0 spiro atoms. The first-order chi connectivity index (χ1) is 9.56. The van der Waals surface area contributed by atoms with Crippen molar-refractivity contribution >= 4 is 15.7 Å². The maximum atomic E-state index is 12.3. The van der Waals surface area contributed by atoms with E-state index in [4.69, 9.17) is 9.84 Å². The van der Waals surface area contributed by atoms with Crippen molar-refractivity contribution in [3.05, 3.63) is 54.1 Å². The SMILES string of the molecule is COc1ccccc1S(=O)(=O)Nc1ccc(CO)cc1. The van der Waals surface area contributed by atoms with Gasteiger partial charge in [-0.15, -0.1) is 0 Å². The Bertz CT molecular complexity index is 681. The summed E-state index contributed by atoms with van der Waals surface area (Å²) < 4.78 is 32.1. The minimum atomic E-state index is -3.71. The fourth-order valence-corrected chi connectivity index (χ4v) is 2.96. The van der Waals surface area contributed by atoms with Crippen LogP contribution in [0.25, 0.3) is 0 Å². The fourth-order valence-electron chi connectivity index (χ4n) is 1.73. The lowest BCUT2D eigenvalue weighted by Crippen LogP contribution is -2.14. The molecule has 0 radical (unpaired) electrons. The molecule has 0 saturated heterocycles. The highest BCUT2D eigenvalue weighted by Gasteiger charge is 2.18. The summed E-state index contributed by atoms with van der Waals surface area (Å²) in [6.45, 7) is -0.0838. The molecule has 2 aromatic carbocycles. The summed E-state index contributed by atoms with van der Waals surface area (Å²) in [5.41, 5.74) is 1.14. The fraction of sp³-hybridized carbons (Fsp3) is 0.143. The Labute approximate surface area is 117 Å². The van der Waals surface area contributed by atoms with Crippen LogP contribution >= 0.6 is 0 Å². The zero-order valence-electron chi connectivity index (χ0n) is 10.9. The molecule has 2 rings (SSSR count). The minimum Gasteiger partial charge on any atom is -0.495 e. The van der Waals surface area contributed by atoms with Crippen molar-refractivity contribution in [2.45, 2.75) is 11.5 Å². The number of para-hydroxylation sites is 1. The number of hydrogen-bond acceptors (Lipinski definition) is 4. The van der Waals surface area contributed by atoms with Crippen LogP contribution in [0, 0.1) is 0 Å². The van der Waals surface area contributed by atoms with Crippen LogP contribution < -0.4 is 9.46 Å². The molecule has 0 aliphatic carbocycles. The van der Waals surface area contributed by atoms with E-state index in [0.717, 1.165) is 0 Å². The number of ether oxygens (including phenoxy) is 1. The van der Waals surface area contributed by atoms with E-state index < -0.39 is 10.0 Å². The van der Waals surface area contributed by atoms with Gasteiger partial charge in [-0.25, -0.2) is 8.42 Å².